The predicted octanol–water partition coefficient (Wildman–Crippen LogP) is 4.45. The van der Waals surface area contributed by atoms with Crippen molar-refractivity contribution < 1.29 is 19.1 Å². The van der Waals surface area contributed by atoms with E-state index in [0.717, 1.165) is 15.8 Å². The lowest BCUT2D eigenvalue weighted by Crippen LogP contribution is -2.29. The van der Waals surface area contributed by atoms with Crippen LogP contribution in [0.1, 0.15) is 51.3 Å². The molecule has 3 rings (SSSR count). The zero-order valence-corrected chi connectivity index (χ0v) is 16.1. The number of amides is 2. The Balaban J connectivity index is 1.76. The monoisotopic (exact) mass is 415 g/mol. The largest absolute Gasteiger partial charge is 0.462 e. The van der Waals surface area contributed by atoms with E-state index >= 15 is 0 Å². The van der Waals surface area contributed by atoms with Gasteiger partial charge in [0, 0.05) is 4.47 Å². The quantitative estimate of drug-likeness (QED) is 0.534. The number of hydrogen-bond acceptors (Lipinski definition) is 4. The summed E-state index contributed by atoms with van der Waals surface area (Å²) in [5.41, 5.74) is 1.54. The van der Waals surface area contributed by atoms with Gasteiger partial charge in [0.1, 0.15) is 0 Å². The van der Waals surface area contributed by atoms with Crippen LogP contribution < -0.4 is 4.90 Å². The van der Waals surface area contributed by atoms with Crippen molar-refractivity contribution in [1.29, 1.82) is 0 Å². The van der Waals surface area contributed by atoms with Crippen LogP contribution in [0.5, 0.6) is 0 Å². The van der Waals surface area contributed by atoms with Gasteiger partial charge in [-0.2, -0.15) is 0 Å². The Kier molecular flexibility index (Phi) is 5.23. The van der Waals surface area contributed by atoms with Gasteiger partial charge < -0.3 is 4.74 Å². The molecule has 0 radical (unpaired) electrons. The highest BCUT2D eigenvalue weighted by Crippen LogP contribution is 2.30. The summed E-state index contributed by atoms with van der Waals surface area (Å²) in [6.45, 7) is 4.48. The van der Waals surface area contributed by atoms with Crippen LogP contribution in [0.25, 0.3) is 0 Å². The molecule has 1 aliphatic heterocycles. The summed E-state index contributed by atoms with van der Waals surface area (Å²) >= 11 is 3.31. The lowest BCUT2D eigenvalue weighted by atomic mass is 10.1. The number of benzene rings is 2. The van der Waals surface area contributed by atoms with Crippen molar-refractivity contribution in [2.24, 2.45) is 5.92 Å². The molecule has 0 aromatic heterocycles. The Labute approximate surface area is 160 Å². The summed E-state index contributed by atoms with van der Waals surface area (Å²) in [6.07, 6.45) is 0.800. The first-order chi connectivity index (χ1) is 12.4. The zero-order valence-electron chi connectivity index (χ0n) is 14.5. The Hall–Kier alpha value is -2.47. The molecule has 0 atom stereocenters. The van der Waals surface area contributed by atoms with E-state index in [1.807, 2.05) is 0 Å². The average Bonchev–Trinajstić information content (AvgIpc) is 2.85. The molecule has 2 aromatic carbocycles. The molecular weight excluding hydrogens is 398 g/mol. The topological polar surface area (TPSA) is 63.7 Å². The first-order valence-corrected chi connectivity index (χ1v) is 9.13. The smallest absolute Gasteiger partial charge is 0.338 e. The van der Waals surface area contributed by atoms with E-state index in [1.54, 1.807) is 42.5 Å². The minimum Gasteiger partial charge on any atom is -0.462 e. The second-order valence-corrected chi connectivity index (χ2v) is 7.42. The molecule has 0 unspecified atom stereocenters. The van der Waals surface area contributed by atoms with Gasteiger partial charge in [-0.15, -0.1) is 0 Å². The summed E-state index contributed by atoms with van der Waals surface area (Å²) in [5.74, 6) is -0.703. The van der Waals surface area contributed by atoms with Gasteiger partial charge in [-0.05, 0) is 54.8 Å². The lowest BCUT2D eigenvalue weighted by Gasteiger charge is -2.14. The van der Waals surface area contributed by atoms with E-state index in [-0.39, 0.29) is 11.8 Å². The second kappa shape index (κ2) is 7.41. The fourth-order valence-electron chi connectivity index (χ4n) is 2.66. The summed E-state index contributed by atoms with van der Waals surface area (Å²) in [7, 11) is 0. The normalized spacial score (nSPS) is 13.3. The number of carbonyl (C=O) groups is 3. The minimum absolute atomic E-state index is 0.363. The molecule has 1 aliphatic rings. The molecule has 2 aromatic rings. The number of fused-ring (bicyclic) bond motifs is 1. The second-order valence-electron chi connectivity index (χ2n) is 6.50. The van der Waals surface area contributed by atoms with Crippen molar-refractivity contribution in [1.82, 2.24) is 0 Å². The molecule has 26 heavy (non-hydrogen) atoms. The number of hydrogen-bond donors (Lipinski definition) is 0. The Bertz CT molecular complexity index is 874. The van der Waals surface area contributed by atoms with Gasteiger partial charge in [-0.1, -0.05) is 29.8 Å². The summed E-state index contributed by atoms with van der Waals surface area (Å²) in [5, 5.41) is 0. The third-order valence-electron chi connectivity index (χ3n) is 4.14. The Morgan fingerprint density at radius 1 is 1.04 bits per heavy atom. The Morgan fingerprint density at radius 2 is 1.69 bits per heavy atom. The van der Waals surface area contributed by atoms with E-state index in [9.17, 15) is 14.4 Å². The van der Waals surface area contributed by atoms with Gasteiger partial charge >= 0.3 is 5.97 Å². The van der Waals surface area contributed by atoms with Crippen LogP contribution in [0.2, 0.25) is 0 Å². The number of halogens is 1. The molecule has 5 nitrogen and oxygen atoms in total. The van der Waals surface area contributed by atoms with Crippen LogP contribution in [-0.2, 0) is 4.74 Å². The van der Waals surface area contributed by atoms with Gasteiger partial charge in [-0.25, -0.2) is 9.69 Å². The molecule has 0 spiro atoms. The summed E-state index contributed by atoms with van der Waals surface area (Å²) < 4.78 is 5.95. The number of nitrogens with zero attached hydrogens (tertiary/aromatic N) is 1. The standard InChI is InChI=1S/C20H18BrNO4/c1-12(2)9-10-26-20(25)13-3-6-15(7-4-13)22-18(23)16-8-5-14(21)11-17(16)19(22)24/h3-8,11-12H,9-10H2,1-2H3. The van der Waals surface area contributed by atoms with Crippen molar-refractivity contribution in [2.45, 2.75) is 20.3 Å². The number of rotatable bonds is 5. The molecule has 0 N–H and O–H groups in total. The highest BCUT2D eigenvalue weighted by molar-refractivity contribution is 9.10. The van der Waals surface area contributed by atoms with Crippen LogP contribution in [-0.4, -0.2) is 24.4 Å². The van der Waals surface area contributed by atoms with E-state index < -0.39 is 5.97 Å². The summed E-state index contributed by atoms with van der Waals surface area (Å²) in [4.78, 5) is 38.3. The van der Waals surface area contributed by atoms with Crippen LogP contribution in [0.3, 0.4) is 0 Å². The van der Waals surface area contributed by atoms with Crippen LogP contribution in [0.4, 0.5) is 5.69 Å². The molecule has 0 saturated heterocycles. The third kappa shape index (κ3) is 3.55. The van der Waals surface area contributed by atoms with Crippen molar-refractivity contribution >= 4 is 39.4 Å². The van der Waals surface area contributed by atoms with E-state index in [1.165, 1.54) is 0 Å². The predicted molar refractivity (Wildman–Crippen MR) is 101 cm³/mol. The molecule has 1 heterocycles. The molecule has 6 heteroatoms. The van der Waals surface area contributed by atoms with Gasteiger partial charge in [0.2, 0.25) is 0 Å². The number of carbonyl (C=O) groups excluding carboxylic acids is 3. The maximum Gasteiger partial charge on any atom is 0.338 e. The maximum atomic E-state index is 12.6. The third-order valence-corrected chi connectivity index (χ3v) is 4.63. The minimum atomic E-state index is -0.413. The molecular formula is C20H18BrNO4. The number of anilines is 1. The molecule has 134 valence electrons. The molecule has 0 fully saturated rings. The zero-order chi connectivity index (χ0) is 18.8. The molecule has 2 amide bonds. The van der Waals surface area contributed by atoms with E-state index in [2.05, 4.69) is 29.8 Å². The molecule has 0 bridgehead atoms. The molecule has 0 aliphatic carbocycles. The van der Waals surface area contributed by atoms with Crippen LogP contribution in [0.15, 0.2) is 46.9 Å². The number of esters is 1. The van der Waals surface area contributed by atoms with Gasteiger partial charge in [0.15, 0.2) is 0 Å². The SMILES string of the molecule is CC(C)CCOC(=O)c1ccc(N2C(=O)c3ccc(Br)cc3C2=O)cc1. The van der Waals surface area contributed by atoms with Crippen molar-refractivity contribution in [3.63, 3.8) is 0 Å². The van der Waals surface area contributed by atoms with Crippen molar-refractivity contribution in [2.75, 3.05) is 11.5 Å². The maximum absolute atomic E-state index is 12.6. The van der Waals surface area contributed by atoms with E-state index in [4.69, 9.17) is 4.74 Å². The van der Waals surface area contributed by atoms with Crippen LogP contribution >= 0.6 is 15.9 Å². The summed E-state index contributed by atoms with van der Waals surface area (Å²) in [6, 6.07) is 11.3. The fraction of sp³-hybridized carbons (Fsp3) is 0.250. The van der Waals surface area contributed by atoms with Crippen molar-refractivity contribution in [3.05, 3.63) is 63.6 Å². The number of imide groups is 1. The first-order valence-electron chi connectivity index (χ1n) is 8.34. The Morgan fingerprint density at radius 3 is 2.35 bits per heavy atom. The van der Waals surface area contributed by atoms with Gasteiger partial charge in [-0.3, -0.25) is 9.59 Å². The molecule has 0 saturated carbocycles. The highest BCUT2D eigenvalue weighted by Gasteiger charge is 2.36. The van der Waals surface area contributed by atoms with Gasteiger partial charge in [0.05, 0.1) is 29.0 Å². The van der Waals surface area contributed by atoms with Crippen molar-refractivity contribution in [3.8, 4) is 0 Å². The van der Waals surface area contributed by atoms with Gasteiger partial charge in [0.25, 0.3) is 11.8 Å². The average molecular weight is 416 g/mol. The number of ether oxygens (including phenoxy) is 1. The lowest BCUT2D eigenvalue weighted by molar-refractivity contribution is 0.0488. The van der Waals surface area contributed by atoms with Crippen LogP contribution in [0, 0.1) is 5.92 Å². The first kappa shape index (κ1) is 18.3. The highest BCUT2D eigenvalue weighted by atomic mass is 79.9. The fourth-order valence-corrected chi connectivity index (χ4v) is 3.03. The van der Waals surface area contributed by atoms with E-state index in [0.29, 0.717) is 34.9 Å².